The summed E-state index contributed by atoms with van der Waals surface area (Å²) in [6.07, 6.45) is 3.61. The van der Waals surface area contributed by atoms with Crippen LogP contribution in [0.5, 0.6) is 0 Å². The monoisotopic (exact) mass is 236 g/mol. The van der Waals surface area contributed by atoms with Gasteiger partial charge in [-0.2, -0.15) is 0 Å². The molecule has 0 amide bonds. The number of benzene rings is 1. The Morgan fingerprint density at radius 3 is 2.88 bits per heavy atom. The molecule has 1 aliphatic rings. The van der Waals surface area contributed by atoms with Crippen LogP contribution in [-0.2, 0) is 0 Å². The van der Waals surface area contributed by atoms with Gasteiger partial charge in [0, 0.05) is 6.04 Å². The van der Waals surface area contributed by atoms with Crippen LogP contribution >= 0.6 is 11.6 Å². The van der Waals surface area contributed by atoms with Crippen LogP contribution in [0.25, 0.3) is 11.0 Å². The zero-order chi connectivity index (χ0) is 11.1. The maximum atomic E-state index is 6.23. The fourth-order valence-electron chi connectivity index (χ4n) is 2.21. The van der Waals surface area contributed by atoms with Gasteiger partial charge >= 0.3 is 0 Å². The van der Waals surface area contributed by atoms with Crippen molar-refractivity contribution in [2.75, 3.05) is 5.43 Å². The Kier molecular flexibility index (Phi) is 2.26. The lowest BCUT2D eigenvalue weighted by atomic mass is 9.93. The number of rotatable bonds is 2. The van der Waals surface area contributed by atoms with E-state index in [2.05, 4.69) is 15.0 Å². The van der Waals surface area contributed by atoms with E-state index in [9.17, 15) is 0 Å². The molecule has 0 bridgehead atoms. The van der Waals surface area contributed by atoms with Crippen molar-refractivity contribution in [1.29, 1.82) is 0 Å². The van der Waals surface area contributed by atoms with Gasteiger partial charge in [0.05, 0.1) is 16.1 Å². The van der Waals surface area contributed by atoms with E-state index in [0.29, 0.717) is 12.0 Å². The first-order chi connectivity index (χ1) is 7.81. The Hall–Kier alpha value is -1.26. The molecule has 1 aromatic carbocycles. The number of para-hydroxylation sites is 1. The van der Waals surface area contributed by atoms with Crippen molar-refractivity contribution in [2.45, 2.75) is 25.3 Å². The summed E-state index contributed by atoms with van der Waals surface area (Å²) in [4.78, 5) is 4.44. The fraction of sp³-hybridized carbons (Fsp3) is 0.364. The molecule has 0 unspecified atom stereocenters. The number of fused-ring (bicyclic) bond motifs is 1. The third-order valence-electron chi connectivity index (χ3n) is 3.23. The van der Waals surface area contributed by atoms with Crippen LogP contribution in [0.1, 0.15) is 25.3 Å². The second-order valence-corrected chi connectivity index (χ2v) is 4.55. The molecule has 1 aromatic heterocycles. The predicted molar refractivity (Wildman–Crippen MR) is 65.4 cm³/mol. The quantitative estimate of drug-likeness (QED) is 0.623. The van der Waals surface area contributed by atoms with E-state index >= 15 is 0 Å². The number of anilines is 1. The van der Waals surface area contributed by atoms with E-state index in [0.717, 1.165) is 16.1 Å². The molecule has 0 saturated heterocycles. The number of aromatic nitrogens is 2. The van der Waals surface area contributed by atoms with Crippen LogP contribution < -0.4 is 11.3 Å². The zero-order valence-corrected chi connectivity index (χ0v) is 9.54. The Morgan fingerprint density at radius 2 is 2.25 bits per heavy atom. The molecule has 0 aliphatic heterocycles. The van der Waals surface area contributed by atoms with E-state index in [-0.39, 0.29) is 0 Å². The molecule has 1 heterocycles. The van der Waals surface area contributed by atoms with Crippen molar-refractivity contribution in [3.8, 4) is 0 Å². The largest absolute Gasteiger partial charge is 0.305 e. The fourth-order valence-corrected chi connectivity index (χ4v) is 2.47. The first-order valence-electron chi connectivity index (χ1n) is 5.44. The third kappa shape index (κ3) is 1.30. The molecule has 1 fully saturated rings. The van der Waals surface area contributed by atoms with Gasteiger partial charge in [-0.05, 0) is 31.4 Å². The summed E-state index contributed by atoms with van der Waals surface area (Å²) in [6.45, 7) is 0. The van der Waals surface area contributed by atoms with Gasteiger partial charge in [0.2, 0.25) is 5.95 Å². The molecule has 3 N–H and O–H groups in total. The molecule has 0 radical (unpaired) electrons. The van der Waals surface area contributed by atoms with Gasteiger partial charge in [-0.25, -0.2) is 10.8 Å². The number of hydrazine groups is 1. The second kappa shape index (κ2) is 3.64. The van der Waals surface area contributed by atoms with Gasteiger partial charge in [-0.15, -0.1) is 0 Å². The molecule has 0 atom stereocenters. The molecular formula is C11H13ClN4. The summed E-state index contributed by atoms with van der Waals surface area (Å²) in [7, 11) is 0. The SMILES string of the molecule is NNc1nc2cccc(Cl)c2n1C1CCC1. The van der Waals surface area contributed by atoms with Gasteiger partial charge in [-0.3, -0.25) is 5.43 Å². The highest BCUT2D eigenvalue weighted by atomic mass is 35.5. The number of nitrogens with zero attached hydrogens (tertiary/aromatic N) is 2. The number of imidazole rings is 1. The van der Waals surface area contributed by atoms with E-state index in [1.807, 2.05) is 18.2 Å². The molecule has 0 spiro atoms. The maximum Gasteiger partial charge on any atom is 0.218 e. The summed E-state index contributed by atoms with van der Waals surface area (Å²) in [5.74, 6) is 6.21. The van der Waals surface area contributed by atoms with Crippen LogP contribution in [0, 0.1) is 0 Å². The number of halogens is 1. The highest BCUT2D eigenvalue weighted by Crippen LogP contribution is 2.38. The van der Waals surface area contributed by atoms with Gasteiger partial charge in [0.25, 0.3) is 0 Å². The number of nitrogens with one attached hydrogen (secondary N) is 1. The summed E-state index contributed by atoms with van der Waals surface area (Å²) in [5, 5.41) is 0.735. The van der Waals surface area contributed by atoms with E-state index < -0.39 is 0 Å². The summed E-state index contributed by atoms with van der Waals surface area (Å²) >= 11 is 6.23. The Morgan fingerprint density at radius 1 is 1.44 bits per heavy atom. The van der Waals surface area contributed by atoms with Gasteiger partial charge in [0.15, 0.2) is 0 Å². The average Bonchev–Trinajstić information content (AvgIpc) is 2.56. The summed E-state index contributed by atoms with van der Waals surface area (Å²) in [5.41, 5.74) is 4.54. The van der Waals surface area contributed by atoms with Crippen molar-refractivity contribution in [2.24, 2.45) is 5.84 Å². The number of hydrogen-bond donors (Lipinski definition) is 2. The minimum absolute atomic E-state index is 0.482. The average molecular weight is 237 g/mol. The zero-order valence-electron chi connectivity index (χ0n) is 8.78. The lowest BCUT2D eigenvalue weighted by Crippen LogP contribution is -2.21. The van der Waals surface area contributed by atoms with Gasteiger partial charge in [-0.1, -0.05) is 17.7 Å². The van der Waals surface area contributed by atoms with Crippen LogP contribution in [-0.4, -0.2) is 9.55 Å². The number of nitrogens with two attached hydrogens (primary N) is 1. The minimum atomic E-state index is 0.482. The topological polar surface area (TPSA) is 55.9 Å². The maximum absolute atomic E-state index is 6.23. The lowest BCUT2D eigenvalue weighted by Gasteiger charge is -2.28. The van der Waals surface area contributed by atoms with Crippen molar-refractivity contribution in [3.05, 3.63) is 23.2 Å². The molecular weight excluding hydrogens is 224 g/mol. The van der Waals surface area contributed by atoms with Crippen LogP contribution in [0.2, 0.25) is 5.02 Å². The first kappa shape index (κ1) is 9.93. The molecule has 1 saturated carbocycles. The molecule has 84 valence electrons. The predicted octanol–water partition coefficient (Wildman–Crippen LogP) is 2.70. The van der Waals surface area contributed by atoms with E-state index in [4.69, 9.17) is 17.4 Å². The van der Waals surface area contributed by atoms with Crippen molar-refractivity contribution in [1.82, 2.24) is 9.55 Å². The molecule has 4 nitrogen and oxygen atoms in total. The second-order valence-electron chi connectivity index (χ2n) is 4.14. The summed E-state index contributed by atoms with van der Waals surface area (Å²) in [6, 6.07) is 6.23. The van der Waals surface area contributed by atoms with Crippen LogP contribution in [0.15, 0.2) is 18.2 Å². The van der Waals surface area contributed by atoms with Crippen LogP contribution in [0.4, 0.5) is 5.95 Å². The number of hydrogen-bond acceptors (Lipinski definition) is 3. The third-order valence-corrected chi connectivity index (χ3v) is 3.53. The number of nitrogen functional groups attached to an aromatic ring is 1. The molecule has 1 aliphatic carbocycles. The lowest BCUT2D eigenvalue weighted by molar-refractivity contribution is 0.323. The van der Waals surface area contributed by atoms with E-state index in [1.165, 1.54) is 19.3 Å². The Bertz CT molecular complexity index is 530. The normalized spacial score (nSPS) is 16.4. The van der Waals surface area contributed by atoms with Crippen LogP contribution in [0.3, 0.4) is 0 Å². The van der Waals surface area contributed by atoms with E-state index in [1.54, 1.807) is 0 Å². The van der Waals surface area contributed by atoms with Crippen molar-refractivity contribution < 1.29 is 0 Å². The summed E-state index contributed by atoms with van der Waals surface area (Å²) < 4.78 is 2.13. The Labute approximate surface area is 98.4 Å². The standard InChI is InChI=1S/C11H13ClN4/c12-8-5-2-6-9-10(8)16(7-3-1-4-7)11(14-9)15-13/h2,5-7H,1,3-4,13H2,(H,14,15). The first-order valence-corrected chi connectivity index (χ1v) is 5.82. The van der Waals surface area contributed by atoms with Gasteiger partial charge in [0.1, 0.15) is 0 Å². The molecule has 2 aromatic rings. The highest BCUT2D eigenvalue weighted by molar-refractivity contribution is 6.35. The Balaban J connectivity index is 2.28. The smallest absolute Gasteiger partial charge is 0.218 e. The van der Waals surface area contributed by atoms with Gasteiger partial charge < -0.3 is 4.57 Å². The minimum Gasteiger partial charge on any atom is -0.305 e. The molecule has 3 rings (SSSR count). The van der Waals surface area contributed by atoms with Crippen molar-refractivity contribution in [3.63, 3.8) is 0 Å². The molecule has 5 heteroatoms. The highest BCUT2D eigenvalue weighted by Gasteiger charge is 2.25. The van der Waals surface area contributed by atoms with Crippen molar-refractivity contribution >= 4 is 28.6 Å². The molecule has 16 heavy (non-hydrogen) atoms.